The van der Waals surface area contributed by atoms with Crippen LogP contribution >= 0.6 is 34.5 Å². The molecule has 0 atom stereocenters. The number of aromatic nitrogens is 4. The highest BCUT2D eigenvalue weighted by atomic mass is 35.5. The van der Waals surface area contributed by atoms with Crippen molar-refractivity contribution in [3.05, 3.63) is 61.4 Å². The molecule has 0 fully saturated rings. The minimum Gasteiger partial charge on any atom is -0.292 e. The van der Waals surface area contributed by atoms with E-state index in [-0.39, 0.29) is 12.1 Å². The van der Waals surface area contributed by atoms with Gasteiger partial charge in [-0.15, -0.1) is 16.4 Å². The molecule has 8 heteroatoms. The van der Waals surface area contributed by atoms with Crippen molar-refractivity contribution in [1.29, 1.82) is 0 Å². The first-order valence-electron chi connectivity index (χ1n) is 7.55. The van der Waals surface area contributed by atoms with Gasteiger partial charge in [-0.05, 0) is 30.5 Å². The van der Waals surface area contributed by atoms with Crippen LogP contribution in [-0.4, -0.2) is 19.1 Å². The molecule has 0 unspecified atom stereocenters. The van der Waals surface area contributed by atoms with E-state index in [1.807, 2.05) is 11.4 Å². The van der Waals surface area contributed by atoms with Crippen LogP contribution in [0.4, 0.5) is 0 Å². The Morgan fingerprint density at radius 1 is 1.24 bits per heavy atom. The van der Waals surface area contributed by atoms with Crippen LogP contribution in [0.1, 0.15) is 16.8 Å². The number of aryl methyl sites for hydroxylation is 2. The molecular formula is C17H13ClN4OS2. The van der Waals surface area contributed by atoms with Gasteiger partial charge in [-0.2, -0.15) is 0 Å². The van der Waals surface area contributed by atoms with Crippen molar-refractivity contribution in [2.45, 2.75) is 20.4 Å². The van der Waals surface area contributed by atoms with Gasteiger partial charge in [-0.3, -0.25) is 9.36 Å². The van der Waals surface area contributed by atoms with E-state index in [1.165, 1.54) is 27.0 Å². The van der Waals surface area contributed by atoms with E-state index in [4.69, 9.17) is 11.6 Å². The Labute approximate surface area is 156 Å². The number of thiophene rings is 1. The summed E-state index contributed by atoms with van der Waals surface area (Å²) in [6, 6.07) is 6.22. The van der Waals surface area contributed by atoms with Crippen LogP contribution in [0.25, 0.3) is 21.3 Å². The van der Waals surface area contributed by atoms with Crippen molar-refractivity contribution in [1.82, 2.24) is 19.1 Å². The van der Waals surface area contributed by atoms with E-state index in [0.717, 1.165) is 27.5 Å². The smallest absolute Gasteiger partial charge is 0.263 e. The summed E-state index contributed by atoms with van der Waals surface area (Å²) in [5, 5.41) is 6.60. The molecule has 0 aliphatic heterocycles. The molecule has 0 spiro atoms. The molecule has 0 saturated heterocycles. The molecular weight excluding hydrogens is 376 g/mol. The van der Waals surface area contributed by atoms with Crippen LogP contribution in [-0.2, 0) is 6.54 Å². The van der Waals surface area contributed by atoms with Crippen LogP contribution in [0.15, 0.2) is 34.7 Å². The van der Waals surface area contributed by atoms with E-state index in [9.17, 15) is 4.79 Å². The minimum atomic E-state index is -0.0939. The molecule has 0 aliphatic rings. The van der Waals surface area contributed by atoms with Gasteiger partial charge in [0.05, 0.1) is 18.3 Å². The van der Waals surface area contributed by atoms with Gasteiger partial charge >= 0.3 is 0 Å². The zero-order chi connectivity index (χ0) is 17.6. The normalized spacial score (nSPS) is 11.3. The van der Waals surface area contributed by atoms with Crippen LogP contribution in [0.5, 0.6) is 0 Å². The summed E-state index contributed by atoms with van der Waals surface area (Å²) in [4.78, 5) is 18.2. The first-order valence-corrected chi connectivity index (χ1v) is 9.58. The molecule has 1 aromatic carbocycles. The number of nitrogens with zero attached hydrogens (tertiary/aromatic N) is 4. The van der Waals surface area contributed by atoms with E-state index in [1.54, 1.807) is 6.33 Å². The van der Waals surface area contributed by atoms with Crippen LogP contribution in [0, 0.1) is 13.8 Å². The Bertz CT molecular complexity index is 1150. The lowest BCUT2D eigenvalue weighted by Gasteiger charge is -2.06. The third kappa shape index (κ3) is 2.88. The molecule has 0 N–H and O–H groups in total. The topological polar surface area (TPSA) is 60.7 Å². The molecule has 0 amide bonds. The van der Waals surface area contributed by atoms with Gasteiger partial charge in [0.25, 0.3) is 5.56 Å². The highest BCUT2D eigenvalue weighted by molar-refractivity contribution is 7.17. The number of benzene rings is 1. The molecule has 0 bridgehead atoms. The quantitative estimate of drug-likeness (QED) is 0.525. The Morgan fingerprint density at radius 3 is 2.80 bits per heavy atom. The molecule has 3 aromatic heterocycles. The Hall–Kier alpha value is -2.09. The number of rotatable bonds is 3. The van der Waals surface area contributed by atoms with Crippen molar-refractivity contribution >= 4 is 44.7 Å². The molecule has 3 heterocycles. The summed E-state index contributed by atoms with van der Waals surface area (Å²) >= 11 is 8.64. The highest BCUT2D eigenvalue weighted by Crippen LogP contribution is 2.31. The minimum absolute atomic E-state index is 0.0939. The van der Waals surface area contributed by atoms with Crippen molar-refractivity contribution < 1.29 is 0 Å². The first kappa shape index (κ1) is 16.4. The molecule has 4 aromatic rings. The van der Waals surface area contributed by atoms with Crippen LogP contribution in [0.2, 0.25) is 4.34 Å². The SMILES string of the molecule is Cc1ccc(-c2csc3ncn(Cc4nnsc4Cl)c(=O)c23)cc1C. The fourth-order valence-electron chi connectivity index (χ4n) is 2.65. The van der Waals surface area contributed by atoms with Crippen molar-refractivity contribution in [3.63, 3.8) is 0 Å². The van der Waals surface area contributed by atoms with Gasteiger partial charge in [0, 0.05) is 22.5 Å². The third-order valence-electron chi connectivity index (χ3n) is 4.21. The summed E-state index contributed by atoms with van der Waals surface area (Å²) in [7, 11) is 0. The lowest BCUT2D eigenvalue weighted by atomic mass is 10.0. The molecule has 5 nitrogen and oxygen atoms in total. The first-order chi connectivity index (χ1) is 12.0. The fourth-order valence-corrected chi connectivity index (χ4v) is 4.17. The van der Waals surface area contributed by atoms with Gasteiger partial charge < -0.3 is 0 Å². The third-order valence-corrected chi connectivity index (χ3v) is 6.08. The molecule has 0 saturated carbocycles. The van der Waals surface area contributed by atoms with Crippen molar-refractivity contribution in [2.24, 2.45) is 0 Å². The van der Waals surface area contributed by atoms with Gasteiger partial charge in [0.15, 0.2) is 0 Å². The second-order valence-electron chi connectivity index (χ2n) is 5.80. The summed E-state index contributed by atoms with van der Waals surface area (Å²) in [5.41, 5.74) is 4.85. The standard InChI is InChI=1S/C17H13ClN4OS2/c1-9-3-4-11(5-10(9)2)12-7-24-16-14(12)17(23)22(8-19-16)6-13-15(18)25-21-20-13/h3-5,7-8H,6H2,1-2H3. The maximum absolute atomic E-state index is 13.0. The fraction of sp³-hybridized carbons (Fsp3) is 0.176. The largest absolute Gasteiger partial charge is 0.292 e. The number of hydrogen-bond donors (Lipinski definition) is 0. The maximum atomic E-state index is 13.0. The maximum Gasteiger partial charge on any atom is 0.263 e. The molecule has 126 valence electrons. The summed E-state index contributed by atoms with van der Waals surface area (Å²) in [6.07, 6.45) is 1.54. The Balaban J connectivity index is 1.87. The number of fused-ring (bicyclic) bond motifs is 1. The van der Waals surface area contributed by atoms with Crippen LogP contribution in [0.3, 0.4) is 0 Å². The molecule has 0 aliphatic carbocycles. The lowest BCUT2D eigenvalue weighted by molar-refractivity contribution is 0.727. The molecule has 4 rings (SSSR count). The Morgan fingerprint density at radius 2 is 2.08 bits per heavy atom. The van der Waals surface area contributed by atoms with Gasteiger partial charge in [-0.25, -0.2) is 4.98 Å². The average Bonchev–Trinajstić information content (AvgIpc) is 3.20. The predicted molar refractivity (Wildman–Crippen MR) is 103 cm³/mol. The predicted octanol–water partition coefficient (Wildman–Crippen LogP) is 4.30. The zero-order valence-electron chi connectivity index (χ0n) is 13.5. The van der Waals surface area contributed by atoms with Gasteiger partial charge in [-0.1, -0.05) is 34.3 Å². The summed E-state index contributed by atoms with van der Waals surface area (Å²) in [6.45, 7) is 4.41. The van der Waals surface area contributed by atoms with E-state index >= 15 is 0 Å². The van der Waals surface area contributed by atoms with E-state index in [0.29, 0.717) is 15.4 Å². The van der Waals surface area contributed by atoms with Crippen molar-refractivity contribution in [2.75, 3.05) is 0 Å². The van der Waals surface area contributed by atoms with Crippen LogP contribution < -0.4 is 5.56 Å². The monoisotopic (exact) mass is 388 g/mol. The zero-order valence-corrected chi connectivity index (χ0v) is 15.9. The average molecular weight is 389 g/mol. The summed E-state index contributed by atoms with van der Waals surface area (Å²) in [5.74, 6) is 0. The lowest BCUT2D eigenvalue weighted by Crippen LogP contribution is -2.21. The summed E-state index contributed by atoms with van der Waals surface area (Å²) < 4.78 is 5.83. The van der Waals surface area contributed by atoms with Gasteiger partial charge in [0.2, 0.25) is 0 Å². The highest BCUT2D eigenvalue weighted by Gasteiger charge is 2.15. The second-order valence-corrected chi connectivity index (χ2v) is 8.01. The van der Waals surface area contributed by atoms with Gasteiger partial charge in [0.1, 0.15) is 14.9 Å². The van der Waals surface area contributed by atoms with Crippen molar-refractivity contribution in [3.8, 4) is 11.1 Å². The Kier molecular flexibility index (Phi) is 4.15. The number of halogens is 1. The molecule has 25 heavy (non-hydrogen) atoms. The molecule has 0 radical (unpaired) electrons. The second kappa shape index (κ2) is 6.33. The van der Waals surface area contributed by atoms with E-state index in [2.05, 4.69) is 40.6 Å². The number of hydrogen-bond acceptors (Lipinski definition) is 6. The van der Waals surface area contributed by atoms with E-state index < -0.39 is 0 Å².